The van der Waals surface area contributed by atoms with E-state index in [4.69, 9.17) is 12.6 Å². The predicted molar refractivity (Wildman–Crippen MR) is 96.8 cm³/mol. The first-order valence-electron chi connectivity index (χ1n) is 7.64. The van der Waals surface area contributed by atoms with Gasteiger partial charge in [-0.2, -0.15) is 12.6 Å². The van der Waals surface area contributed by atoms with Gasteiger partial charge in [-0.25, -0.2) is 0 Å². The summed E-state index contributed by atoms with van der Waals surface area (Å²) in [6.07, 6.45) is 2.28. The van der Waals surface area contributed by atoms with Crippen molar-refractivity contribution < 1.29 is 0 Å². The molecule has 4 aromatic rings. The maximum absolute atomic E-state index is 4.83. The summed E-state index contributed by atoms with van der Waals surface area (Å²) in [4.78, 5) is 0. The highest BCUT2D eigenvalue weighted by Crippen LogP contribution is 2.39. The molecule has 0 saturated heterocycles. The first kappa shape index (κ1) is 13.0. The fraction of sp³-hybridized carbons (Fsp3) is 0.200. The van der Waals surface area contributed by atoms with Crippen molar-refractivity contribution in [1.29, 1.82) is 0 Å². The molecule has 1 atom stereocenters. The van der Waals surface area contributed by atoms with Gasteiger partial charge in [-0.1, -0.05) is 67.9 Å². The first-order chi connectivity index (χ1) is 10.3. The topological polar surface area (TPSA) is 0 Å². The van der Waals surface area contributed by atoms with Crippen LogP contribution >= 0.6 is 12.6 Å². The lowest BCUT2D eigenvalue weighted by atomic mass is 9.90. The Balaban J connectivity index is 2.15. The second kappa shape index (κ2) is 4.92. The molecule has 0 amide bonds. The molecular formula is C20H18S. The minimum Gasteiger partial charge on any atom is -0.171 e. The molecule has 1 unspecified atom stereocenters. The Bertz CT molecular complexity index is 907. The van der Waals surface area contributed by atoms with Gasteiger partial charge in [0.25, 0.3) is 0 Å². The Labute approximate surface area is 130 Å². The van der Waals surface area contributed by atoms with E-state index in [1.54, 1.807) is 0 Å². The molecule has 0 bridgehead atoms. The van der Waals surface area contributed by atoms with Crippen molar-refractivity contribution in [1.82, 2.24) is 0 Å². The number of thiol groups is 1. The Morgan fingerprint density at radius 3 is 2.14 bits per heavy atom. The lowest BCUT2D eigenvalue weighted by Gasteiger charge is -2.17. The summed E-state index contributed by atoms with van der Waals surface area (Å²) in [5.74, 6) is 0. The third kappa shape index (κ3) is 1.91. The maximum Gasteiger partial charge on any atom is 0.0273 e. The molecular weight excluding hydrogens is 272 g/mol. The number of hydrogen-bond donors (Lipinski definition) is 1. The predicted octanol–water partition coefficient (Wildman–Crippen LogP) is 6.36. The molecule has 0 spiro atoms. The minimum atomic E-state index is 0.319. The van der Waals surface area contributed by atoms with Crippen molar-refractivity contribution in [3.05, 3.63) is 60.2 Å². The quantitative estimate of drug-likeness (QED) is 0.329. The van der Waals surface area contributed by atoms with Crippen molar-refractivity contribution in [2.45, 2.75) is 25.0 Å². The number of rotatable bonds is 3. The molecule has 0 N–H and O–H groups in total. The highest BCUT2D eigenvalue weighted by atomic mass is 32.1. The van der Waals surface area contributed by atoms with E-state index in [2.05, 4.69) is 61.5 Å². The summed E-state index contributed by atoms with van der Waals surface area (Å²) in [7, 11) is 0. The monoisotopic (exact) mass is 290 g/mol. The van der Waals surface area contributed by atoms with Crippen LogP contribution in [-0.2, 0) is 0 Å². The van der Waals surface area contributed by atoms with Crippen molar-refractivity contribution >= 4 is 44.9 Å². The van der Waals surface area contributed by atoms with Crippen LogP contribution in [0.1, 0.15) is 30.6 Å². The molecule has 104 valence electrons. The van der Waals surface area contributed by atoms with Crippen LogP contribution in [0.4, 0.5) is 0 Å². The number of benzene rings is 4. The zero-order valence-electron chi connectivity index (χ0n) is 12.1. The maximum atomic E-state index is 4.83. The van der Waals surface area contributed by atoms with Gasteiger partial charge in [0.15, 0.2) is 0 Å². The van der Waals surface area contributed by atoms with Crippen LogP contribution in [0.25, 0.3) is 32.3 Å². The summed E-state index contributed by atoms with van der Waals surface area (Å²) in [6.45, 7) is 2.22. The average Bonchev–Trinajstić information content (AvgIpc) is 2.52. The molecule has 0 heterocycles. The van der Waals surface area contributed by atoms with Gasteiger partial charge in [0.1, 0.15) is 0 Å². The van der Waals surface area contributed by atoms with Gasteiger partial charge in [0.2, 0.25) is 0 Å². The Morgan fingerprint density at radius 1 is 0.810 bits per heavy atom. The number of hydrogen-bond acceptors (Lipinski definition) is 1. The van der Waals surface area contributed by atoms with Crippen LogP contribution in [-0.4, -0.2) is 0 Å². The van der Waals surface area contributed by atoms with Gasteiger partial charge < -0.3 is 0 Å². The van der Waals surface area contributed by atoms with Gasteiger partial charge in [-0.3, -0.25) is 0 Å². The zero-order chi connectivity index (χ0) is 14.4. The Kier molecular flexibility index (Phi) is 3.04. The molecule has 4 aromatic carbocycles. The van der Waals surface area contributed by atoms with Gasteiger partial charge in [0, 0.05) is 5.25 Å². The Hall–Kier alpha value is -1.73. The lowest BCUT2D eigenvalue weighted by molar-refractivity contribution is 0.787. The molecule has 0 aromatic heterocycles. The van der Waals surface area contributed by atoms with E-state index in [0.717, 1.165) is 12.8 Å². The second-order valence-electron chi connectivity index (χ2n) is 5.82. The summed E-state index contributed by atoms with van der Waals surface area (Å²) < 4.78 is 0. The molecule has 1 heteroatoms. The van der Waals surface area contributed by atoms with Crippen LogP contribution in [0.3, 0.4) is 0 Å². The average molecular weight is 290 g/mol. The van der Waals surface area contributed by atoms with E-state index in [0.29, 0.717) is 5.25 Å². The fourth-order valence-electron chi connectivity index (χ4n) is 3.48. The molecule has 0 saturated carbocycles. The van der Waals surface area contributed by atoms with E-state index < -0.39 is 0 Å². The van der Waals surface area contributed by atoms with Crippen LogP contribution in [0.2, 0.25) is 0 Å². The highest BCUT2D eigenvalue weighted by Gasteiger charge is 2.14. The van der Waals surface area contributed by atoms with Crippen molar-refractivity contribution in [3.63, 3.8) is 0 Å². The van der Waals surface area contributed by atoms with Gasteiger partial charge in [-0.15, -0.1) is 0 Å². The van der Waals surface area contributed by atoms with Crippen LogP contribution in [0.15, 0.2) is 54.6 Å². The van der Waals surface area contributed by atoms with Crippen LogP contribution < -0.4 is 0 Å². The normalized spacial score (nSPS) is 13.4. The van der Waals surface area contributed by atoms with Crippen molar-refractivity contribution in [3.8, 4) is 0 Å². The molecule has 0 fully saturated rings. The highest BCUT2D eigenvalue weighted by molar-refractivity contribution is 7.80. The first-order valence-corrected chi connectivity index (χ1v) is 8.15. The molecule has 4 rings (SSSR count). The standard InChI is InChI=1S/C20H18S/c1-2-4-18(21)16-11-9-15-8-7-13-5-3-6-14-10-12-17(16)20(15)19(13)14/h3,5-12,18,21H,2,4H2,1H3. The van der Waals surface area contributed by atoms with E-state index in [1.807, 2.05) is 0 Å². The van der Waals surface area contributed by atoms with E-state index >= 15 is 0 Å². The SMILES string of the molecule is CCCC(S)c1ccc2ccc3cccc4ccc1c2c34. The smallest absolute Gasteiger partial charge is 0.0273 e. The lowest BCUT2D eigenvalue weighted by Crippen LogP contribution is -1.93. The molecule has 21 heavy (non-hydrogen) atoms. The van der Waals surface area contributed by atoms with Gasteiger partial charge >= 0.3 is 0 Å². The molecule has 0 aliphatic rings. The van der Waals surface area contributed by atoms with Gasteiger partial charge in [0.05, 0.1) is 0 Å². The minimum absolute atomic E-state index is 0.319. The second-order valence-corrected chi connectivity index (χ2v) is 6.44. The summed E-state index contributed by atoms with van der Waals surface area (Å²) in [5, 5.41) is 8.47. The summed E-state index contributed by atoms with van der Waals surface area (Å²) >= 11 is 4.83. The third-order valence-corrected chi connectivity index (χ3v) is 5.02. The Morgan fingerprint density at radius 2 is 1.43 bits per heavy atom. The van der Waals surface area contributed by atoms with E-state index in [-0.39, 0.29) is 0 Å². The molecule has 0 aliphatic carbocycles. The van der Waals surface area contributed by atoms with Crippen LogP contribution in [0, 0.1) is 0 Å². The molecule has 0 nitrogen and oxygen atoms in total. The van der Waals surface area contributed by atoms with Crippen molar-refractivity contribution in [2.24, 2.45) is 0 Å². The van der Waals surface area contributed by atoms with Crippen LogP contribution in [0.5, 0.6) is 0 Å². The molecule has 0 aliphatic heterocycles. The third-order valence-electron chi connectivity index (χ3n) is 4.48. The van der Waals surface area contributed by atoms with E-state index in [9.17, 15) is 0 Å². The molecule has 0 radical (unpaired) electrons. The largest absolute Gasteiger partial charge is 0.171 e. The van der Waals surface area contributed by atoms with Crippen molar-refractivity contribution in [2.75, 3.05) is 0 Å². The van der Waals surface area contributed by atoms with Gasteiger partial charge in [-0.05, 0) is 44.3 Å². The zero-order valence-corrected chi connectivity index (χ0v) is 13.0. The van der Waals surface area contributed by atoms with E-state index in [1.165, 1.54) is 37.9 Å². The summed E-state index contributed by atoms with van der Waals surface area (Å²) in [6, 6.07) is 20.1. The summed E-state index contributed by atoms with van der Waals surface area (Å²) in [5.41, 5.74) is 1.37. The fourth-order valence-corrected chi connectivity index (χ4v) is 3.96.